The summed E-state index contributed by atoms with van der Waals surface area (Å²) in [5, 5.41) is 4.00. The molecule has 1 atom stereocenters. The molecule has 0 aliphatic carbocycles. The number of carbonyl (C=O) groups excluding carboxylic acids is 2. The molecule has 3 rings (SSSR count). The van der Waals surface area contributed by atoms with Crippen molar-refractivity contribution in [3.05, 3.63) is 42.6 Å². The Labute approximate surface area is 222 Å². The molecule has 0 bridgehead atoms. The smallest absolute Gasteiger partial charge is 0.410 e. The lowest BCUT2D eigenvalue weighted by Crippen LogP contribution is -2.43. The largest absolute Gasteiger partial charge is 0.444 e. The molecule has 3 aromatic heterocycles. The SMILES string of the molecule is Cc1nc(Nc2ncc(-c3ccncc3)s2)cc(N(C)CCCC(=O)[C@H](C)N(C)C(=O)OC(C)(C)C)n1. The zero-order valence-corrected chi connectivity index (χ0v) is 23.3. The van der Waals surface area contributed by atoms with E-state index in [1.54, 1.807) is 47.1 Å². The van der Waals surface area contributed by atoms with Crippen LogP contribution in [0.1, 0.15) is 46.4 Å². The monoisotopic (exact) mass is 525 g/mol. The maximum atomic E-state index is 12.7. The number of rotatable bonds is 10. The number of aryl methyl sites for hydroxylation is 1. The molecule has 0 spiro atoms. The van der Waals surface area contributed by atoms with Gasteiger partial charge in [-0.25, -0.2) is 19.7 Å². The van der Waals surface area contributed by atoms with Crippen LogP contribution in [0.15, 0.2) is 36.8 Å². The van der Waals surface area contributed by atoms with Crippen molar-refractivity contribution in [2.45, 2.75) is 59.1 Å². The Morgan fingerprint density at radius 2 is 1.86 bits per heavy atom. The van der Waals surface area contributed by atoms with Gasteiger partial charge in [0, 0.05) is 51.7 Å². The van der Waals surface area contributed by atoms with E-state index in [-0.39, 0.29) is 5.78 Å². The van der Waals surface area contributed by atoms with Gasteiger partial charge in [0.25, 0.3) is 0 Å². The van der Waals surface area contributed by atoms with Crippen LogP contribution in [-0.2, 0) is 9.53 Å². The first-order chi connectivity index (χ1) is 17.4. The fourth-order valence-corrected chi connectivity index (χ4v) is 4.25. The number of carbonyl (C=O) groups is 2. The Morgan fingerprint density at radius 3 is 2.54 bits per heavy atom. The summed E-state index contributed by atoms with van der Waals surface area (Å²) in [5.41, 5.74) is 0.447. The van der Waals surface area contributed by atoms with Gasteiger partial charge < -0.3 is 19.9 Å². The van der Waals surface area contributed by atoms with Crippen LogP contribution in [0.5, 0.6) is 0 Å². The quantitative estimate of drug-likeness (QED) is 0.387. The third-order valence-electron chi connectivity index (χ3n) is 5.57. The number of hydrogen-bond donors (Lipinski definition) is 1. The molecule has 11 heteroatoms. The number of hydrogen-bond acceptors (Lipinski definition) is 10. The van der Waals surface area contributed by atoms with Crippen LogP contribution in [0.4, 0.5) is 21.6 Å². The standard InChI is InChI=1S/C26H35N7O3S/c1-17(33(7)25(35)36-26(3,4)5)20(34)9-8-14-32(6)23-15-22(29-18(2)30-23)31-24-28-16-21(37-24)19-10-12-27-13-11-19/h10-13,15-17H,8-9,14H2,1-7H3,(H,28,29,30,31)/t17-/m0/s1. The second-order valence-electron chi connectivity index (χ2n) is 9.81. The highest BCUT2D eigenvalue weighted by Crippen LogP contribution is 2.30. The molecule has 0 aliphatic heterocycles. The highest BCUT2D eigenvalue weighted by molar-refractivity contribution is 7.18. The van der Waals surface area contributed by atoms with E-state index in [1.807, 2.05) is 43.3 Å². The van der Waals surface area contributed by atoms with E-state index < -0.39 is 17.7 Å². The lowest BCUT2D eigenvalue weighted by Gasteiger charge is -2.28. The number of likely N-dealkylation sites (N-methyl/N-ethyl adjacent to an activating group) is 1. The van der Waals surface area contributed by atoms with E-state index in [4.69, 9.17) is 4.74 Å². The summed E-state index contributed by atoms with van der Waals surface area (Å²) in [6.07, 6.45) is 5.79. The van der Waals surface area contributed by atoms with Gasteiger partial charge in [-0.1, -0.05) is 11.3 Å². The Hall–Kier alpha value is -3.60. The van der Waals surface area contributed by atoms with Crippen molar-refractivity contribution >= 4 is 40.0 Å². The lowest BCUT2D eigenvalue weighted by atomic mass is 10.1. The molecular weight excluding hydrogens is 490 g/mol. The highest BCUT2D eigenvalue weighted by atomic mass is 32.1. The Bertz CT molecular complexity index is 1210. The van der Waals surface area contributed by atoms with Gasteiger partial charge in [-0.3, -0.25) is 9.78 Å². The van der Waals surface area contributed by atoms with Crippen LogP contribution in [0.2, 0.25) is 0 Å². The van der Waals surface area contributed by atoms with Crippen LogP contribution < -0.4 is 10.2 Å². The molecule has 0 aliphatic rings. The molecule has 3 heterocycles. The number of Topliss-reactive ketones (excluding diaryl/α,β-unsaturated/α-hetero) is 1. The first-order valence-corrected chi connectivity index (χ1v) is 12.9. The molecule has 0 radical (unpaired) electrons. The zero-order valence-electron chi connectivity index (χ0n) is 22.5. The maximum Gasteiger partial charge on any atom is 0.410 e. The molecule has 198 valence electrons. The van der Waals surface area contributed by atoms with Gasteiger partial charge in [-0.05, 0) is 58.7 Å². The summed E-state index contributed by atoms with van der Waals surface area (Å²) >= 11 is 1.53. The molecule has 1 amide bonds. The molecule has 1 N–H and O–H groups in total. The lowest BCUT2D eigenvalue weighted by molar-refractivity contribution is -0.123. The predicted molar refractivity (Wildman–Crippen MR) is 146 cm³/mol. The average Bonchev–Trinajstić information content (AvgIpc) is 3.30. The molecule has 0 unspecified atom stereocenters. The van der Waals surface area contributed by atoms with E-state index in [1.165, 1.54) is 16.2 Å². The summed E-state index contributed by atoms with van der Waals surface area (Å²) in [7, 11) is 3.51. The summed E-state index contributed by atoms with van der Waals surface area (Å²) in [6.45, 7) is 9.58. The van der Waals surface area contributed by atoms with Gasteiger partial charge in [0.2, 0.25) is 0 Å². The van der Waals surface area contributed by atoms with Crippen molar-refractivity contribution in [3.8, 4) is 10.4 Å². The van der Waals surface area contributed by atoms with Gasteiger partial charge in [0.1, 0.15) is 23.1 Å². The minimum absolute atomic E-state index is 0.0169. The van der Waals surface area contributed by atoms with Crippen molar-refractivity contribution < 1.29 is 14.3 Å². The Morgan fingerprint density at radius 1 is 1.16 bits per heavy atom. The summed E-state index contributed by atoms with van der Waals surface area (Å²) in [6, 6.07) is 5.19. The number of amides is 1. The maximum absolute atomic E-state index is 12.7. The summed E-state index contributed by atoms with van der Waals surface area (Å²) < 4.78 is 5.36. The summed E-state index contributed by atoms with van der Waals surface area (Å²) in [4.78, 5) is 46.8. The zero-order chi connectivity index (χ0) is 27.2. The fraction of sp³-hybridized carbons (Fsp3) is 0.462. The molecule has 37 heavy (non-hydrogen) atoms. The van der Waals surface area contributed by atoms with Crippen LogP contribution in [0, 0.1) is 6.92 Å². The number of pyridine rings is 1. The van der Waals surface area contributed by atoms with Crippen molar-refractivity contribution in [3.63, 3.8) is 0 Å². The van der Waals surface area contributed by atoms with Crippen LogP contribution >= 0.6 is 11.3 Å². The van der Waals surface area contributed by atoms with E-state index in [9.17, 15) is 9.59 Å². The second kappa shape index (κ2) is 12.1. The van der Waals surface area contributed by atoms with Gasteiger partial charge in [-0.15, -0.1) is 0 Å². The number of anilines is 3. The van der Waals surface area contributed by atoms with E-state index in [0.717, 1.165) is 21.4 Å². The normalized spacial score (nSPS) is 12.1. The van der Waals surface area contributed by atoms with E-state index in [2.05, 4.69) is 25.3 Å². The second-order valence-corrected chi connectivity index (χ2v) is 10.8. The van der Waals surface area contributed by atoms with Crippen LogP contribution in [0.25, 0.3) is 10.4 Å². The number of nitrogens with one attached hydrogen (secondary N) is 1. The Balaban J connectivity index is 1.55. The molecule has 10 nitrogen and oxygen atoms in total. The van der Waals surface area contributed by atoms with E-state index in [0.29, 0.717) is 31.0 Å². The van der Waals surface area contributed by atoms with Gasteiger partial charge in [0.05, 0.1) is 10.9 Å². The van der Waals surface area contributed by atoms with E-state index >= 15 is 0 Å². The third kappa shape index (κ3) is 8.21. The fourth-order valence-electron chi connectivity index (χ4n) is 3.42. The minimum Gasteiger partial charge on any atom is -0.444 e. The number of nitrogens with zero attached hydrogens (tertiary/aromatic N) is 6. The van der Waals surface area contributed by atoms with Crippen molar-refractivity contribution in [2.24, 2.45) is 0 Å². The van der Waals surface area contributed by atoms with Gasteiger partial charge in [0.15, 0.2) is 10.9 Å². The topological polar surface area (TPSA) is 113 Å². The van der Waals surface area contributed by atoms with Gasteiger partial charge in [-0.2, -0.15) is 0 Å². The minimum atomic E-state index is -0.609. The molecule has 0 saturated carbocycles. The number of ketones is 1. The van der Waals surface area contributed by atoms with Crippen molar-refractivity contribution in [1.29, 1.82) is 0 Å². The highest BCUT2D eigenvalue weighted by Gasteiger charge is 2.26. The molecule has 3 aromatic rings. The van der Waals surface area contributed by atoms with Crippen molar-refractivity contribution in [2.75, 3.05) is 30.9 Å². The Kier molecular flexibility index (Phi) is 9.14. The first kappa shape index (κ1) is 28.0. The van der Waals surface area contributed by atoms with Gasteiger partial charge >= 0.3 is 6.09 Å². The third-order valence-corrected chi connectivity index (χ3v) is 6.53. The van der Waals surface area contributed by atoms with Crippen LogP contribution in [0.3, 0.4) is 0 Å². The first-order valence-electron chi connectivity index (χ1n) is 12.1. The van der Waals surface area contributed by atoms with Crippen LogP contribution in [-0.4, -0.2) is 69.0 Å². The predicted octanol–water partition coefficient (Wildman–Crippen LogP) is 5.09. The number of thiazole rings is 1. The number of ether oxygens (including phenoxy) is 1. The summed E-state index contributed by atoms with van der Waals surface area (Å²) in [5.74, 6) is 2.00. The van der Waals surface area contributed by atoms with Crippen molar-refractivity contribution in [1.82, 2.24) is 24.8 Å². The number of aromatic nitrogens is 4. The molecule has 0 fully saturated rings. The molecular formula is C26H35N7O3S. The molecule has 0 saturated heterocycles. The average molecular weight is 526 g/mol. The molecule has 0 aromatic carbocycles.